The zero-order valence-corrected chi connectivity index (χ0v) is 11.0. The number of benzene rings is 1. The standard InChI is InChI=1S/C13H19N3O2/c1-4-16(7-8(2)3)11-6-10-12(5-9(11)14)18-13(17)15-10/h5-6,8H,4,7,14H2,1-3H3,(H,15,17). The van der Waals surface area contributed by atoms with Crippen molar-refractivity contribution >= 4 is 22.5 Å². The number of H-pyrrole nitrogens is 1. The van der Waals surface area contributed by atoms with Crippen LogP contribution < -0.4 is 16.4 Å². The Hall–Kier alpha value is -1.91. The molecule has 0 aliphatic carbocycles. The minimum Gasteiger partial charge on any atom is -0.408 e. The van der Waals surface area contributed by atoms with E-state index in [-0.39, 0.29) is 0 Å². The number of nitrogens with two attached hydrogens (primary N) is 1. The second kappa shape index (κ2) is 4.76. The number of nitrogens with zero attached hydrogens (tertiary/aromatic N) is 1. The van der Waals surface area contributed by atoms with Gasteiger partial charge in [-0.3, -0.25) is 4.98 Å². The number of aromatic amines is 1. The number of aromatic nitrogens is 1. The van der Waals surface area contributed by atoms with Crippen molar-refractivity contribution in [3.63, 3.8) is 0 Å². The highest BCUT2D eigenvalue weighted by Gasteiger charge is 2.13. The Labute approximate surface area is 106 Å². The van der Waals surface area contributed by atoms with Crippen LogP contribution in [0.15, 0.2) is 21.3 Å². The van der Waals surface area contributed by atoms with Gasteiger partial charge in [0.1, 0.15) is 0 Å². The van der Waals surface area contributed by atoms with Gasteiger partial charge in [0.05, 0.1) is 16.9 Å². The first kappa shape index (κ1) is 12.5. The van der Waals surface area contributed by atoms with Gasteiger partial charge in [0.2, 0.25) is 0 Å². The molecule has 1 heterocycles. The lowest BCUT2D eigenvalue weighted by Crippen LogP contribution is -2.27. The Balaban J connectivity index is 2.48. The maximum atomic E-state index is 11.2. The summed E-state index contributed by atoms with van der Waals surface area (Å²) in [6.45, 7) is 8.21. The summed E-state index contributed by atoms with van der Waals surface area (Å²) in [5.41, 5.74) is 8.79. The first-order chi connectivity index (χ1) is 8.51. The molecule has 0 amide bonds. The molecule has 2 rings (SSSR count). The average Bonchev–Trinajstić information content (AvgIpc) is 2.64. The number of hydrogen-bond acceptors (Lipinski definition) is 4. The lowest BCUT2D eigenvalue weighted by Gasteiger charge is -2.26. The molecule has 5 nitrogen and oxygen atoms in total. The van der Waals surface area contributed by atoms with Crippen molar-refractivity contribution < 1.29 is 4.42 Å². The highest BCUT2D eigenvalue weighted by molar-refractivity contribution is 5.85. The maximum absolute atomic E-state index is 11.2. The quantitative estimate of drug-likeness (QED) is 0.814. The molecule has 3 N–H and O–H groups in total. The number of nitrogens with one attached hydrogen (secondary N) is 1. The van der Waals surface area contributed by atoms with E-state index in [0.717, 1.165) is 18.8 Å². The Kier molecular flexibility index (Phi) is 3.32. The molecule has 5 heteroatoms. The number of fused-ring (bicyclic) bond motifs is 1. The molecule has 0 atom stereocenters. The summed E-state index contributed by atoms with van der Waals surface area (Å²) < 4.78 is 4.99. The molecule has 2 aromatic rings. The van der Waals surface area contributed by atoms with Crippen LogP contribution in [-0.4, -0.2) is 18.1 Å². The minimum absolute atomic E-state index is 0.451. The summed E-state index contributed by atoms with van der Waals surface area (Å²) in [5, 5.41) is 0. The van der Waals surface area contributed by atoms with Gasteiger partial charge < -0.3 is 15.1 Å². The molecule has 0 saturated heterocycles. The Morgan fingerprint density at radius 2 is 2.17 bits per heavy atom. The van der Waals surface area contributed by atoms with Gasteiger partial charge in [-0.15, -0.1) is 0 Å². The number of anilines is 2. The van der Waals surface area contributed by atoms with Gasteiger partial charge in [0.15, 0.2) is 5.58 Å². The molecular weight excluding hydrogens is 230 g/mol. The Morgan fingerprint density at radius 1 is 1.44 bits per heavy atom. The first-order valence-corrected chi connectivity index (χ1v) is 6.18. The van der Waals surface area contributed by atoms with Crippen LogP contribution in [-0.2, 0) is 0 Å². The van der Waals surface area contributed by atoms with Crippen LogP contribution in [0.5, 0.6) is 0 Å². The van der Waals surface area contributed by atoms with Crippen molar-refractivity contribution in [1.29, 1.82) is 0 Å². The summed E-state index contributed by atoms with van der Waals surface area (Å²) in [6.07, 6.45) is 0. The zero-order chi connectivity index (χ0) is 13.3. The highest BCUT2D eigenvalue weighted by Crippen LogP contribution is 2.28. The molecule has 18 heavy (non-hydrogen) atoms. The molecule has 0 unspecified atom stereocenters. The van der Waals surface area contributed by atoms with E-state index in [2.05, 4.69) is 30.7 Å². The molecule has 0 bridgehead atoms. The summed E-state index contributed by atoms with van der Waals surface area (Å²) >= 11 is 0. The van der Waals surface area contributed by atoms with Crippen LogP contribution in [0.3, 0.4) is 0 Å². The van der Waals surface area contributed by atoms with Crippen molar-refractivity contribution in [2.24, 2.45) is 5.92 Å². The van der Waals surface area contributed by atoms with E-state index in [1.165, 1.54) is 0 Å². The molecule has 0 fully saturated rings. The number of hydrogen-bond donors (Lipinski definition) is 2. The van der Waals surface area contributed by atoms with Gasteiger partial charge in [0, 0.05) is 19.2 Å². The van der Waals surface area contributed by atoms with Gasteiger partial charge in [-0.1, -0.05) is 13.8 Å². The van der Waals surface area contributed by atoms with Crippen LogP contribution >= 0.6 is 0 Å². The fourth-order valence-corrected chi connectivity index (χ4v) is 2.11. The lowest BCUT2D eigenvalue weighted by molar-refractivity contribution is 0.555. The van der Waals surface area contributed by atoms with Gasteiger partial charge in [-0.25, -0.2) is 4.79 Å². The molecular formula is C13H19N3O2. The van der Waals surface area contributed by atoms with Crippen molar-refractivity contribution in [2.45, 2.75) is 20.8 Å². The molecule has 1 aromatic carbocycles. The number of nitrogen functional groups attached to an aromatic ring is 1. The second-order valence-electron chi connectivity index (χ2n) is 4.85. The van der Waals surface area contributed by atoms with Crippen molar-refractivity contribution in [1.82, 2.24) is 4.98 Å². The average molecular weight is 249 g/mol. The topological polar surface area (TPSA) is 75.3 Å². The molecule has 0 radical (unpaired) electrons. The van der Waals surface area contributed by atoms with E-state index >= 15 is 0 Å². The fraction of sp³-hybridized carbons (Fsp3) is 0.462. The normalized spacial score (nSPS) is 11.3. The summed E-state index contributed by atoms with van der Waals surface area (Å²) in [6, 6.07) is 3.58. The second-order valence-corrected chi connectivity index (χ2v) is 4.85. The van der Waals surface area contributed by atoms with Crippen LogP contribution in [0, 0.1) is 5.92 Å². The van der Waals surface area contributed by atoms with Crippen LogP contribution in [0.4, 0.5) is 11.4 Å². The zero-order valence-electron chi connectivity index (χ0n) is 11.0. The number of oxazole rings is 1. The minimum atomic E-state index is -0.451. The molecule has 0 saturated carbocycles. The fourth-order valence-electron chi connectivity index (χ4n) is 2.11. The third-order valence-electron chi connectivity index (χ3n) is 2.88. The molecule has 0 spiro atoms. The van der Waals surface area contributed by atoms with E-state index in [9.17, 15) is 4.79 Å². The van der Waals surface area contributed by atoms with Crippen LogP contribution in [0.1, 0.15) is 20.8 Å². The lowest BCUT2D eigenvalue weighted by atomic mass is 10.1. The van der Waals surface area contributed by atoms with E-state index in [1.54, 1.807) is 6.07 Å². The smallest absolute Gasteiger partial charge is 0.408 e. The Bertz CT molecular complexity index is 598. The van der Waals surface area contributed by atoms with Crippen molar-refractivity contribution in [2.75, 3.05) is 23.7 Å². The third-order valence-corrected chi connectivity index (χ3v) is 2.88. The van der Waals surface area contributed by atoms with E-state index < -0.39 is 5.76 Å². The van der Waals surface area contributed by atoms with E-state index in [0.29, 0.717) is 22.7 Å². The monoisotopic (exact) mass is 249 g/mol. The van der Waals surface area contributed by atoms with Gasteiger partial charge in [-0.2, -0.15) is 0 Å². The molecule has 1 aromatic heterocycles. The molecule has 0 aliphatic heterocycles. The predicted octanol–water partition coefficient (Wildman–Crippen LogP) is 2.19. The summed E-state index contributed by atoms with van der Waals surface area (Å²) in [7, 11) is 0. The van der Waals surface area contributed by atoms with Crippen LogP contribution in [0.25, 0.3) is 11.1 Å². The molecule has 98 valence electrons. The summed E-state index contributed by atoms with van der Waals surface area (Å²) in [5.74, 6) is 0.0944. The third kappa shape index (κ3) is 2.34. The van der Waals surface area contributed by atoms with Gasteiger partial charge in [0.25, 0.3) is 0 Å². The summed E-state index contributed by atoms with van der Waals surface area (Å²) in [4.78, 5) is 16.0. The largest absolute Gasteiger partial charge is 0.417 e. The first-order valence-electron chi connectivity index (χ1n) is 6.18. The van der Waals surface area contributed by atoms with Gasteiger partial charge in [-0.05, 0) is 18.9 Å². The SMILES string of the molecule is CCN(CC(C)C)c1cc2[nH]c(=O)oc2cc1N. The highest BCUT2D eigenvalue weighted by atomic mass is 16.4. The van der Waals surface area contributed by atoms with Crippen LogP contribution in [0.2, 0.25) is 0 Å². The van der Waals surface area contributed by atoms with E-state index in [4.69, 9.17) is 10.2 Å². The van der Waals surface area contributed by atoms with E-state index in [1.807, 2.05) is 6.07 Å². The molecule has 0 aliphatic rings. The van der Waals surface area contributed by atoms with Gasteiger partial charge >= 0.3 is 5.76 Å². The predicted molar refractivity (Wildman–Crippen MR) is 74.0 cm³/mol. The Morgan fingerprint density at radius 3 is 2.78 bits per heavy atom. The number of rotatable bonds is 4. The van der Waals surface area contributed by atoms with Crippen molar-refractivity contribution in [3.05, 3.63) is 22.7 Å². The van der Waals surface area contributed by atoms with Crippen molar-refractivity contribution in [3.8, 4) is 0 Å². The maximum Gasteiger partial charge on any atom is 0.417 e.